The Kier molecular flexibility index (Phi) is 4.68. The van der Waals surface area contributed by atoms with Crippen molar-refractivity contribution < 1.29 is 9.59 Å². The van der Waals surface area contributed by atoms with Gasteiger partial charge >= 0.3 is 0 Å². The van der Waals surface area contributed by atoms with Crippen LogP contribution in [0.5, 0.6) is 0 Å². The van der Waals surface area contributed by atoms with Crippen molar-refractivity contribution in [2.75, 3.05) is 5.32 Å². The van der Waals surface area contributed by atoms with E-state index in [4.69, 9.17) is 5.73 Å². The second-order valence-electron chi connectivity index (χ2n) is 4.18. The van der Waals surface area contributed by atoms with Gasteiger partial charge in [0.15, 0.2) is 0 Å². The summed E-state index contributed by atoms with van der Waals surface area (Å²) in [6, 6.07) is 10.9. The normalized spacial score (nSPS) is 10.6. The van der Waals surface area contributed by atoms with Gasteiger partial charge in [0, 0.05) is 16.6 Å². The molecular formula is C15H14N2O2S. The molecule has 0 aliphatic carbocycles. The molecule has 2 aromatic rings. The molecule has 1 aromatic carbocycles. The number of carbonyl (C=O) groups excluding carboxylic acids is 2. The van der Waals surface area contributed by atoms with E-state index in [0.29, 0.717) is 5.69 Å². The number of primary amides is 1. The molecule has 3 N–H and O–H groups in total. The Bertz CT molecular complexity index is 616. The minimum Gasteiger partial charge on any atom is -0.369 e. The molecule has 0 bridgehead atoms. The zero-order valence-corrected chi connectivity index (χ0v) is 11.5. The van der Waals surface area contributed by atoms with E-state index >= 15 is 0 Å². The van der Waals surface area contributed by atoms with Crippen LogP contribution in [0.25, 0.3) is 6.08 Å². The minimum atomic E-state index is -0.374. The number of nitrogens with two attached hydrogens (primary N) is 1. The molecular weight excluding hydrogens is 272 g/mol. The van der Waals surface area contributed by atoms with E-state index in [1.807, 2.05) is 17.5 Å². The summed E-state index contributed by atoms with van der Waals surface area (Å²) in [4.78, 5) is 23.5. The van der Waals surface area contributed by atoms with E-state index in [1.165, 1.54) is 6.08 Å². The van der Waals surface area contributed by atoms with E-state index < -0.39 is 0 Å². The number of hydrogen-bond donors (Lipinski definition) is 2. The van der Waals surface area contributed by atoms with Crippen molar-refractivity contribution in [1.29, 1.82) is 0 Å². The highest BCUT2D eigenvalue weighted by Crippen LogP contribution is 2.12. The number of thiophene rings is 1. The summed E-state index contributed by atoms with van der Waals surface area (Å²) in [7, 11) is 0. The summed E-state index contributed by atoms with van der Waals surface area (Å²) in [6.45, 7) is 0. The van der Waals surface area contributed by atoms with Crippen molar-refractivity contribution in [2.45, 2.75) is 6.42 Å². The maximum absolute atomic E-state index is 11.7. The molecule has 0 aliphatic rings. The van der Waals surface area contributed by atoms with E-state index in [9.17, 15) is 9.59 Å². The number of rotatable bonds is 5. The Hall–Kier alpha value is -2.40. The van der Waals surface area contributed by atoms with Gasteiger partial charge in [0.1, 0.15) is 0 Å². The van der Waals surface area contributed by atoms with Gasteiger partial charge in [-0.1, -0.05) is 18.2 Å². The van der Waals surface area contributed by atoms with Crippen LogP contribution in [-0.2, 0) is 16.0 Å². The van der Waals surface area contributed by atoms with Crippen LogP contribution in [0.1, 0.15) is 10.4 Å². The van der Waals surface area contributed by atoms with E-state index in [-0.39, 0.29) is 18.2 Å². The summed E-state index contributed by atoms with van der Waals surface area (Å²) in [6.07, 6.45) is 3.46. The first kappa shape index (κ1) is 14.0. The minimum absolute atomic E-state index is 0.193. The lowest BCUT2D eigenvalue weighted by Crippen LogP contribution is -2.13. The summed E-state index contributed by atoms with van der Waals surface area (Å²) in [5.41, 5.74) is 6.62. The Labute approximate surface area is 120 Å². The van der Waals surface area contributed by atoms with Crippen LogP contribution in [0.3, 0.4) is 0 Å². The quantitative estimate of drug-likeness (QED) is 0.829. The van der Waals surface area contributed by atoms with Gasteiger partial charge in [0.25, 0.3) is 0 Å². The van der Waals surface area contributed by atoms with Crippen molar-refractivity contribution >= 4 is 34.9 Å². The van der Waals surface area contributed by atoms with Crippen LogP contribution in [0.2, 0.25) is 0 Å². The van der Waals surface area contributed by atoms with Crippen LogP contribution >= 0.6 is 11.3 Å². The number of anilines is 1. The second-order valence-corrected chi connectivity index (χ2v) is 5.16. The molecule has 1 aromatic heterocycles. The molecule has 0 saturated heterocycles. The predicted molar refractivity (Wildman–Crippen MR) is 81.3 cm³/mol. The van der Waals surface area contributed by atoms with Gasteiger partial charge in [-0.3, -0.25) is 9.59 Å². The fourth-order valence-electron chi connectivity index (χ4n) is 1.63. The molecule has 4 nitrogen and oxygen atoms in total. The number of hydrogen-bond acceptors (Lipinski definition) is 3. The van der Waals surface area contributed by atoms with E-state index in [0.717, 1.165) is 10.4 Å². The molecule has 2 rings (SSSR count). The SMILES string of the molecule is NC(=O)Cc1ccc(NC(=O)C=Cc2cccs2)cc1. The molecule has 0 aliphatic heterocycles. The van der Waals surface area contributed by atoms with Crippen molar-refractivity contribution in [2.24, 2.45) is 5.73 Å². The van der Waals surface area contributed by atoms with Gasteiger partial charge in [-0.2, -0.15) is 0 Å². The van der Waals surface area contributed by atoms with Gasteiger partial charge in [-0.15, -0.1) is 11.3 Å². The monoisotopic (exact) mass is 286 g/mol. The first-order chi connectivity index (χ1) is 9.63. The van der Waals surface area contributed by atoms with Gasteiger partial charge < -0.3 is 11.1 Å². The van der Waals surface area contributed by atoms with Crippen molar-refractivity contribution in [3.8, 4) is 0 Å². The van der Waals surface area contributed by atoms with Crippen LogP contribution in [-0.4, -0.2) is 11.8 Å². The topological polar surface area (TPSA) is 72.2 Å². The predicted octanol–water partition coefficient (Wildman–Crippen LogP) is 2.43. The molecule has 0 unspecified atom stereocenters. The maximum atomic E-state index is 11.7. The molecule has 0 spiro atoms. The van der Waals surface area contributed by atoms with Crippen LogP contribution in [0.4, 0.5) is 5.69 Å². The van der Waals surface area contributed by atoms with Crippen LogP contribution in [0, 0.1) is 0 Å². The van der Waals surface area contributed by atoms with Crippen molar-refractivity contribution in [1.82, 2.24) is 0 Å². The Morgan fingerprint density at radius 3 is 2.55 bits per heavy atom. The molecule has 0 fully saturated rings. The third-order valence-electron chi connectivity index (χ3n) is 2.54. The Balaban J connectivity index is 1.92. The molecule has 20 heavy (non-hydrogen) atoms. The molecule has 0 saturated carbocycles. The zero-order chi connectivity index (χ0) is 14.4. The lowest BCUT2D eigenvalue weighted by molar-refractivity contribution is -0.117. The summed E-state index contributed by atoms with van der Waals surface area (Å²) < 4.78 is 0. The van der Waals surface area contributed by atoms with Crippen molar-refractivity contribution in [3.05, 3.63) is 58.3 Å². The maximum Gasteiger partial charge on any atom is 0.248 e. The zero-order valence-electron chi connectivity index (χ0n) is 10.7. The number of nitrogens with one attached hydrogen (secondary N) is 1. The number of benzene rings is 1. The smallest absolute Gasteiger partial charge is 0.248 e. The van der Waals surface area contributed by atoms with Gasteiger partial charge in [-0.05, 0) is 35.2 Å². The lowest BCUT2D eigenvalue weighted by atomic mass is 10.1. The van der Waals surface area contributed by atoms with E-state index in [1.54, 1.807) is 41.7 Å². The van der Waals surface area contributed by atoms with Gasteiger partial charge in [-0.25, -0.2) is 0 Å². The average molecular weight is 286 g/mol. The highest BCUT2D eigenvalue weighted by atomic mass is 32.1. The molecule has 5 heteroatoms. The number of carbonyl (C=O) groups is 2. The molecule has 2 amide bonds. The first-order valence-corrected chi connectivity index (χ1v) is 6.91. The van der Waals surface area contributed by atoms with Gasteiger partial charge in [0.2, 0.25) is 11.8 Å². The summed E-state index contributed by atoms with van der Waals surface area (Å²) in [5.74, 6) is -0.568. The fourth-order valence-corrected chi connectivity index (χ4v) is 2.25. The third-order valence-corrected chi connectivity index (χ3v) is 3.38. The third kappa shape index (κ3) is 4.37. The summed E-state index contributed by atoms with van der Waals surface area (Å²) in [5, 5.41) is 4.70. The highest BCUT2D eigenvalue weighted by molar-refractivity contribution is 7.10. The second kappa shape index (κ2) is 6.68. The number of amides is 2. The Morgan fingerprint density at radius 2 is 1.95 bits per heavy atom. The average Bonchev–Trinajstić information content (AvgIpc) is 2.91. The molecule has 102 valence electrons. The summed E-state index contributed by atoms with van der Waals surface area (Å²) >= 11 is 1.57. The largest absolute Gasteiger partial charge is 0.369 e. The van der Waals surface area contributed by atoms with E-state index in [2.05, 4.69) is 5.32 Å². The lowest BCUT2D eigenvalue weighted by Gasteiger charge is -2.03. The molecule has 0 atom stereocenters. The molecule has 0 radical (unpaired) electrons. The van der Waals surface area contributed by atoms with Gasteiger partial charge in [0.05, 0.1) is 6.42 Å². The van der Waals surface area contributed by atoms with Crippen LogP contribution < -0.4 is 11.1 Å². The first-order valence-electron chi connectivity index (χ1n) is 6.03. The van der Waals surface area contributed by atoms with Crippen molar-refractivity contribution in [3.63, 3.8) is 0 Å². The Morgan fingerprint density at radius 1 is 1.20 bits per heavy atom. The fraction of sp³-hybridized carbons (Fsp3) is 0.0667. The highest BCUT2D eigenvalue weighted by Gasteiger charge is 2.00. The molecule has 1 heterocycles. The standard InChI is InChI=1S/C15H14N2O2S/c16-14(18)10-11-3-5-12(6-4-11)17-15(19)8-7-13-2-1-9-20-13/h1-9H,10H2,(H2,16,18)(H,17,19). The van der Waals surface area contributed by atoms with Crippen LogP contribution in [0.15, 0.2) is 47.9 Å².